The van der Waals surface area contributed by atoms with Crippen LogP contribution in [0.4, 0.5) is 0 Å². The number of fused-ring (bicyclic) bond motifs is 1. The van der Waals surface area contributed by atoms with E-state index in [1.54, 1.807) is 35.2 Å². The van der Waals surface area contributed by atoms with Crippen LogP contribution in [0.25, 0.3) is 17.3 Å². The molecule has 40 heavy (non-hydrogen) atoms. The topological polar surface area (TPSA) is 120 Å². The van der Waals surface area contributed by atoms with Gasteiger partial charge < -0.3 is 9.84 Å². The summed E-state index contributed by atoms with van der Waals surface area (Å²) in [6.45, 7) is 3.17. The molecule has 0 bridgehead atoms. The van der Waals surface area contributed by atoms with Gasteiger partial charge in [-0.15, -0.1) is 0 Å². The Labute approximate surface area is 241 Å². The Bertz CT molecular complexity index is 1400. The average Bonchev–Trinajstić information content (AvgIpc) is 3.35. The Hall–Kier alpha value is -3.45. The van der Waals surface area contributed by atoms with Crippen LogP contribution < -0.4 is 0 Å². The molecule has 3 amide bonds. The summed E-state index contributed by atoms with van der Waals surface area (Å²) >= 11 is 6.61. The molecule has 2 fully saturated rings. The van der Waals surface area contributed by atoms with Crippen molar-refractivity contribution in [3.8, 4) is 11.3 Å². The Morgan fingerprint density at radius 1 is 1.00 bits per heavy atom. The van der Waals surface area contributed by atoms with Crippen molar-refractivity contribution in [2.24, 2.45) is 0 Å². The molecule has 0 aliphatic carbocycles. The van der Waals surface area contributed by atoms with Gasteiger partial charge in [0.15, 0.2) is 0 Å². The smallest absolute Gasteiger partial charge is 0.303 e. The van der Waals surface area contributed by atoms with Gasteiger partial charge in [0.1, 0.15) is 4.32 Å². The minimum atomic E-state index is -0.825. The van der Waals surface area contributed by atoms with E-state index in [2.05, 4.69) is 4.98 Å². The molecule has 5 rings (SSSR count). The molecule has 2 aromatic rings. The number of carbonyl (C=O) groups excluding carboxylic acids is 3. The van der Waals surface area contributed by atoms with Crippen molar-refractivity contribution in [3.63, 3.8) is 0 Å². The monoisotopic (exact) mass is 580 g/mol. The molecule has 2 saturated heterocycles. The SMILES string of the molecule is O=C(O)CCCCCN1C(=O)C(=Cc2cccc(-c3ccc4c(c3)C(=O)N(CN3CCOCC3)C4=O)n2)SC1=S. The van der Waals surface area contributed by atoms with Crippen LogP contribution in [-0.2, 0) is 14.3 Å². The molecule has 12 heteroatoms. The first kappa shape index (κ1) is 28.1. The van der Waals surface area contributed by atoms with Gasteiger partial charge in [-0.3, -0.25) is 33.9 Å². The first-order chi connectivity index (χ1) is 19.3. The summed E-state index contributed by atoms with van der Waals surface area (Å²) in [4.78, 5) is 59.7. The first-order valence-electron chi connectivity index (χ1n) is 13.1. The first-order valence-corrected chi connectivity index (χ1v) is 14.3. The normalized spacial score (nSPS) is 18.8. The van der Waals surface area contributed by atoms with E-state index in [1.165, 1.54) is 16.7 Å². The van der Waals surface area contributed by atoms with Gasteiger partial charge in [0.05, 0.1) is 47.3 Å². The fourth-order valence-electron chi connectivity index (χ4n) is 4.76. The van der Waals surface area contributed by atoms with Crippen LogP contribution in [0.2, 0.25) is 0 Å². The molecule has 0 saturated carbocycles. The van der Waals surface area contributed by atoms with E-state index in [1.807, 2.05) is 17.0 Å². The number of hydrogen-bond donors (Lipinski definition) is 1. The molecule has 0 atom stereocenters. The molecule has 3 aliphatic heterocycles. The zero-order valence-corrected chi connectivity index (χ0v) is 23.3. The van der Waals surface area contributed by atoms with Crippen LogP contribution in [0.1, 0.15) is 52.1 Å². The number of carboxylic acid groups (broad SMARTS) is 1. The highest BCUT2D eigenvalue weighted by molar-refractivity contribution is 8.26. The van der Waals surface area contributed by atoms with Crippen molar-refractivity contribution < 1.29 is 29.0 Å². The van der Waals surface area contributed by atoms with Crippen LogP contribution in [0.3, 0.4) is 0 Å². The minimum absolute atomic E-state index is 0.113. The molecule has 4 heterocycles. The standard InChI is InChI=1S/C28H28N4O6S2/c33-24(34)7-2-1-3-10-31-27(37)23(40-28(31)39)16-19-5-4-6-22(29-19)18-8-9-20-21(15-18)26(36)32(25(20)35)17-30-11-13-38-14-12-30/h4-6,8-9,15-16H,1-3,7,10-14,17H2,(H,33,34). The molecule has 0 unspecified atom stereocenters. The summed E-state index contributed by atoms with van der Waals surface area (Å²) in [7, 11) is 0. The van der Waals surface area contributed by atoms with Crippen molar-refractivity contribution in [1.82, 2.24) is 19.7 Å². The van der Waals surface area contributed by atoms with Crippen molar-refractivity contribution >= 4 is 58.1 Å². The summed E-state index contributed by atoms with van der Waals surface area (Å²) < 4.78 is 5.82. The number of rotatable bonds is 10. The fraction of sp³-hybridized carbons (Fsp3) is 0.357. The van der Waals surface area contributed by atoms with Crippen LogP contribution in [0, 0.1) is 0 Å². The van der Waals surface area contributed by atoms with Crippen molar-refractivity contribution in [2.75, 3.05) is 39.5 Å². The van der Waals surface area contributed by atoms with Crippen molar-refractivity contribution in [3.05, 3.63) is 58.1 Å². The highest BCUT2D eigenvalue weighted by atomic mass is 32.2. The Balaban J connectivity index is 1.28. The van der Waals surface area contributed by atoms with E-state index < -0.39 is 5.97 Å². The molecular weight excluding hydrogens is 552 g/mol. The van der Waals surface area contributed by atoms with Crippen molar-refractivity contribution in [1.29, 1.82) is 0 Å². The number of imide groups is 1. The number of nitrogens with zero attached hydrogens (tertiary/aromatic N) is 4. The van der Waals surface area contributed by atoms with Gasteiger partial charge in [-0.1, -0.05) is 42.5 Å². The van der Waals surface area contributed by atoms with Gasteiger partial charge in [-0.25, -0.2) is 4.98 Å². The number of carbonyl (C=O) groups is 4. The number of pyridine rings is 1. The molecule has 1 aromatic heterocycles. The van der Waals surface area contributed by atoms with Crippen LogP contribution in [0.5, 0.6) is 0 Å². The van der Waals surface area contributed by atoms with Gasteiger partial charge in [0, 0.05) is 31.6 Å². The van der Waals surface area contributed by atoms with Crippen LogP contribution >= 0.6 is 24.0 Å². The number of carboxylic acids is 1. The van der Waals surface area contributed by atoms with Crippen molar-refractivity contribution in [2.45, 2.75) is 25.7 Å². The zero-order valence-electron chi connectivity index (χ0n) is 21.7. The number of morpholine rings is 1. The summed E-state index contributed by atoms with van der Waals surface area (Å²) in [6, 6.07) is 10.6. The van der Waals surface area contributed by atoms with E-state index in [0.717, 1.165) is 0 Å². The second-order valence-corrected chi connectivity index (χ2v) is 11.3. The van der Waals surface area contributed by atoms with Gasteiger partial charge in [0.25, 0.3) is 17.7 Å². The largest absolute Gasteiger partial charge is 0.481 e. The molecule has 3 aliphatic rings. The molecule has 10 nitrogen and oxygen atoms in total. The summed E-state index contributed by atoms with van der Waals surface area (Å²) in [6.07, 6.45) is 3.74. The third-order valence-electron chi connectivity index (χ3n) is 6.91. The summed E-state index contributed by atoms with van der Waals surface area (Å²) in [5, 5.41) is 8.77. The maximum Gasteiger partial charge on any atom is 0.303 e. The lowest BCUT2D eigenvalue weighted by Crippen LogP contribution is -2.46. The second-order valence-electron chi connectivity index (χ2n) is 9.66. The van der Waals surface area contributed by atoms with E-state index >= 15 is 0 Å². The molecule has 0 spiro atoms. The Kier molecular flexibility index (Phi) is 8.69. The highest BCUT2D eigenvalue weighted by Crippen LogP contribution is 2.33. The third-order valence-corrected chi connectivity index (χ3v) is 8.28. The number of hydrogen-bond acceptors (Lipinski definition) is 9. The number of thiocarbonyl (C=S) groups is 1. The van der Waals surface area contributed by atoms with Gasteiger partial charge in [0.2, 0.25) is 0 Å². The predicted octanol–water partition coefficient (Wildman–Crippen LogP) is 3.48. The number of benzene rings is 1. The van der Waals surface area contributed by atoms with E-state index in [4.69, 9.17) is 22.1 Å². The minimum Gasteiger partial charge on any atom is -0.481 e. The van der Waals surface area contributed by atoms with Crippen LogP contribution in [0.15, 0.2) is 41.3 Å². The predicted molar refractivity (Wildman–Crippen MR) is 153 cm³/mol. The molecular formula is C28H28N4O6S2. The van der Waals surface area contributed by atoms with Gasteiger partial charge >= 0.3 is 5.97 Å². The maximum atomic E-state index is 13.1. The van der Waals surface area contributed by atoms with Gasteiger partial charge in [-0.2, -0.15) is 0 Å². The lowest BCUT2D eigenvalue weighted by atomic mass is 10.0. The molecule has 208 valence electrons. The Morgan fingerprint density at radius 2 is 1.77 bits per heavy atom. The molecule has 1 aromatic carbocycles. The molecule has 0 radical (unpaired) electrons. The van der Waals surface area contributed by atoms with Crippen LogP contribution in [-0.4, -0.2) is 92.3 Å². The lowest BCUT2D eigenvalue weighted by molar-refractivity contribution is -0.137. The number of ether oxygens (including phenoxy) is 1. The number of thioether (sulfide) groups is 1. The average molecular weight is 581 g/mol. The third kappa shape index (κ3) is 6.15. The number of aromatic nitrogens is 1. The molecule has 1 N–H and O–H groups in total. The number of amides is 3. The highest BCUT2D eigenvalue weighted by Gasteiger charge is 2.37. The number of aliphatic carboxylic acids is 1. The maximum absolute atomic E-state index is 13.1. The lowest BCUT2D eigenvalue weighted by Gasteiger charge is -2.29. The summed E-state index contributed by atoms with van der Waals surface area (Å²) in [5.74, 6) is -1.64. The van der Waals surface area contributed by atoms with Gasteiger partial charge in [-0.05, 0) is 43.2 Å². The quantitative estimate of drug-likeness (QED) is 0.194. The van der Waals surface area contributed by atoms with E-state index in [9.17, 15) is 19.2 Å². The number of unbranched alkanes of at least 4 members (excludes halogenated alkanes) is 2. The second kappa shape index (κ2) is 12.4. The van der Waals surface area contributed by atoms with E-state index in [0.29, 0.717) is 89.4 Å². The summed E-state index contributed by atoms with van der Waals surface area (Å²) in [5.41, 5.74) is 2.60. The Morgan fingerprint density at radius 3 is 2.55 bits per heavy atom. The fourth-order valence-corrected chi connectivity index (χ4v) is 6.06. The zero-order chi connectivity index (χ0) is 28.2. The van der Waals surface area contributed by atoms with E-state index in [-0.39, 0.29) is 30.8 Å².